The molecular weight excluding hydrogens is 174 g/mol. The lowest BCUT2D eigenvalue weighted by Crippen LogP contribution is -2.32. The van der Waals surface area contributed by atoms with Gasteiger partial charge in [-0.05, 0) is 30.9 Å². The number of rotatable bonds is 3. The molecule has 14 heavy (non-hydrogen) atoms. The van der Waals surface area contributed by atoms with Crippen LogP contribution in [-0.4, -0.2) is 12.5 Å². The third-order valence-electron chi connectivity index (χ3n) is 2.81. The summed E-state index contributed by atoms with van der Waals surface area (Å²) in [5.41, 5.74) is 0.756. The Morgan fingerprint density at radius 3 is 2.57 bits per heavy atom. The van der Waals surface area contributed by atoms with Gasteiger partial charge in [0.2, 0.25) is 0 Å². The Morgan fingerprint density at radius 1 is 1.29 bits per heavy atom. The summed E-state index contributed by atoms with van der Waals surface area (Å²) in [4.78, 5) is 11.6. The summed E-state index contributed by atoms with van der Waals surface area (Å²) in [6, 6.07) is 9.38. The lowest BCUT2D eigenvalue weighted by Gasteiger charge is -2.25. The highest BCUT2D eigenvalue weighted by atomic mass is 16.1. The zero-order valence-corrected chi connectivity index (χ0v) is 8.20. The van der Waals surface area contributed by atoms with Gasteiger partial charge in [-0.25, -0.2) is 0 Å². The van der Waals surface area contributed by atoms with Gasteiger partial charge in [0.05, 0.1) is 0 Å². The van der Waals surface area contributed by atoms with E-state index in [1.165, 1.54) is 19.3 Å². The molecule has 1 aromatic carbocycles. The summed E-state index contributed by atoms with van der Waals surface area (Å²) >= 11 is 0. The molecule has 2 rings (SSSR count). The molecule has 0 heterocycles. The summed E-state index contributed by atoms with van der Waals surface area (Å²) in [5, 5.41) is 2.96. The molecule has 2 nitrogen and oxygen atoms in total. The van der Waals surface area contributed by atoms with Crippen molar-refractivity contribution in [2.45, 2.75) is 19.3 Å². The normalized spacial score (nSPS) is 16.0. The molecule has 1 aliphatic carbocycles. The van der Waals surface area contributed by atoms with Crippen LogP contribution in [0.25, 0.3) is 0 Å². The van der Waals surface area contributed by atoms with Crippen molar-refractivity contribution in [3.8, 4) is 0 Å². The van der Waals surface area contributed by atoms with Gasteiger partial charge in [0.15, 0.2) is 0 Å². The van der Waals surface area contributed by atoms with Crippen molar-refractivity contribution in [3.63, 3.8) is 0 Å². The van der Waals surface area contributed by atoms with Crippen molar-refractivity contribution in [1.82, 2.24) is 5.32 Å². The highest BCUT2D eigenvalue weighted by Gasteiger charge is 2.17. The lowest BCUT2D eigenvalue weighted by atomic mass is 9.85. The summed E-state index contributed by atoms with van der Waals surface area (Å²) in [6.45, 7) is 0.841. The Hall–Kier alpha value is -1.31. The maximum absolute atomic E-state index is 11.6. The van der Waals surface area contributed by atoms with E-state index in [0.29, 0.717) is 0 Å². The zero-order valence-electron chi connectivity index (χ0n) is 8.20. The number of hydrogen-bond donors (Lipinski definition) is 1. The molecule has 0 aliphatic heterocycles. The molecule has 74 valence electrons. The SMILES string of the molecule is O=C(NCC1CCC1)c1ccccc1. The van der Waals surface area contributed by atoms with Gasteiger partial charge in [0.1, 0.15) is 0 Å². The minimum absolute atomic E-state index is 0.0532. The first kappa shape index (κ1) is 9.25. The van der Waals surface area contributed by atoms with Crippen LogP contribution >= 0.6 is 0 Å². The highest BCUT2D eigenvalue weighted by Crippen LogP contribution is 2.25. The van der Waals surface area contributed by atoms with E-state index in [4.69, 9.17) is 0 Å². The summed E-state index contributed by atoms with van der Waals surface area (Å²) < 4.78 is 0. The molecule has 2 heteroatoms. The molecule has 1 aliphatic rings. The van der Waals surface area contributed by atoms with Crippen LogP contribution in [0.5, 0.6) is 0 Å². The molecule has 1 N–H and O–H groups in total. The monoisotopic (exact) mass is 189 g/mol. The zero-order chi connectivity index (χ0) is 9.80. The van der Waals surface area contributed by atoms with Gasteiger partial charge in [-0.1, -0.05) is 24.6 Å². The van der Waals surface area contributed by atoms with Crippen molar-refractivity contribution in [2.24, 2.45) is 5.92 Å². The Labute approximate surface area is 84.3 Å². The molecule has 0 radical (unpaired) electrons. The predicted octanol–water partition coefficient (Wildman–Crippen LogP) is 2.22. The molecule has 0 atom stereocenters. The van der Waals surface area contributed by atoms with Crippen LogP contribution < -0.4 is 5.32 Å². The van der Waals surface area contributed by atoms with Gasteiger partial charge in [-0.15, -0.1) is 0 Å². The Morgan fingerprint density at radius 2 is 2.00 bits per heavy atom. The van der Waals surface area contributed by atoms with E-state index in [1.54, 1.807) is 0 Å². The lowest BCUT2D eigenvalue weighted by molar-refractivity contribution is 0.0939. The standard InChI is InChI=1S/C12H15NO/c14-12(11-7-2-1-3-8-11)13-9-10-5-4-6-10/h1-3,7-8,10H,4-6,9H2,(H,13,14). The smallest absolute Gasteiger partial charge is 0.251 e. The molecule has 1 fully saturated rings. The summed E-state index contributed by atoms with van der Waals surface area (Å²) in [5.74, 6) is 0.778. The topological polar surface area (TPSA) is 29.1 Å². The fraction of sp³-hybridized carbons (Fsp3) is 0.417. The van der Waals surface area contributed by atoms with Crippen LogP contribution in [0.15, 0.2) is 30.3 Å². The molecule has 0 aromatic heterocycles. The van der Waals surface area contributed by atoms with Gasteiger partial charge >= 0.3 is 0 Å². The van der Waals surface area contributed by atoms with E-state index in [0.717, 1.165) is 18.0 Å². The van der Waals surface area contributed by atoms with E-state index in [2.05, 4.69) is 5.32 Å². The molecule has 0 spiro atoms. The average molecular weight is 189 g/mol. The average Bonchev–Trinajstić information content (AvgIpc) is 2.16. The largest absolute Gasteiger partial charge is 0.352 e. The predicted molar refractivity (Wildman–Crippen MR) is 56.1 cm³/mol. The Kier molecular flexibility index (Phi) is 2.82. The third kappa shape index (κ3) is 2.13. The van der Waals surface area contributed by atoms with Gasteiger partial charge in [-0.3, -0.25) is 4.79 Å². The summed E-state index contributed by atoms with van der Waals surface area (Å²) in [7, 11) is 0. The second-order valence-electron chi connectivity index (χ2n) is 3.87. The van der Waals surface area contributed by atoms with Crippen LogP contribution in [0.4, 0.5) is 0 Å². The van der Waals surface area contributed by atoms with Crippen LogP contribution in [0.2, 0.25) is 0 Å². The quantitative estimate of drug-likeness (QED) is 0.776. The number of benzene rings is 1. The van der Waals surface area contributed by atoms with Crippen LogP contribution in [0, 0.1) is 5.92 Å². The maximum atomic E-state index is 11.6. The van der Waals surface area contributed by atoms with E-state index in [1.807, 2.05) is 30.3 Å². The van der Waals surface area contributed by atoms with Gasteiger partial charge in [0.25, 0.3) is 5.91 Å². The first-order valence-corrected chi connectivity index (χ1v) is 5.19. The van der Waals surface area contributed by atoms with Crippen LogP contribution in [0.1, 0.15) is 29.6 Å². The van der Waals surface area contributed by atoms with Gasteiger partial charge in [-0.2, -0.15) is 0 Å². The van der Waals surface area contributed by atoms with E-state index >= 15 is 0 Å². The van der Waals surface area contributed by atoms with Gasteiger partial charge in [0, 0.05) is 12.1 Å². The van der Waals surface area contributed by atoms with Gasteiger partial charge < -0.3 is 5.32 Å². The molecule has 0 bridgehead atoms. The van der Waals surface area contributed by atoms with Crippen molar-refractivity contribution >= 4 is 5.91 Å². The third-order valence-corrected chi connectivity index (χ3v) is 2.81. The second kappa shape index (κ2) is 4.27. The molecule has 0 saturated heterocycles. The highest BCUT2D eigenvalue weighted by molar-refractivity contribution is 5.94. The summed E-state index contributed by atoms with van der Waals surface area (Å²) in [6.07, 6.45) is 3.87. The van der Waals surface area contributed by atoms with Crippen LogP contribution in [-0.2, 0) is 0 Å². The number of nitrogens with one attached hydrogen (secondary N) is 1. The number of amides is 1. The first-order valence-electron chi connectivity index (χ1n) is 5.19. The molecule has 1 amide bonds. The molecule has 1 aromatic rings. The number of carbonyl (C=O) groups is 1. The van der Waals surface area contributed by atoms with Crippen molar-refractivity contribution < 1.29 is 4.79 Å². The minimum atomic E-state index is 0.0532. The Balaban J connectivity index is 1.83. The number of hydrogen-bond acceptors (Lipinski definition) is 1. The van der Waals surface area contributed by atoms with Crippen molar-refractivity contribution in [3.05, 3.63) is 35.9 Å². The fourth-order valence-corrected chi connectivity index (χ4v) is 1.63. The first-order chi connectivity index (χ1) is 6.86. The Bertz CT molecular complexity index is 303. The van der Waals surface area contributed by atoms with Crippen molar-refractivity contribution in [1.29, 1.82) is 0 Å². The maximum Gasteiger partial charge on any atom is 0.251 e. The van der Waals surface area contributed by atoms with Crippen LogP contribution in [0.3, 0.4) is 0 Å². The number of carbonyl (C=O) groups excluding carboxylic acids is 1. The van der Waals surface area contributed by atoms with Crippen molar-refractivity contribution in [2.75, 3.05) is 6.54 Å². The molecule has 1 saturated carbocycles. The van der Waals surface area contributed by atoms with E-state index < -0.39 is 0 Å². The van der Waals surface area contributed by atoms with E-state index in [9.17, 15) is 4.79 Å². The molecule has 0 unspecified atom stereocenters. The fourth-order valence-electron chi connectivity index (χ4n) is 1.63. The minimum Gasteiger partial charge on any atom is -0.352 e. The second-order valence-corrected chi connectivity index (χ2v) is 3.87. The van der Waals surface area contributed by atoms with E-state index in [-0.39, 0.29) is 5.91 Å². The molecular formula is C12H15NO.